The van der Waals surface area contributed by atoms with Crippen LogP contribution in [0.4, 0.5) is 0 Å². The van der Waals surface area contributed by atoms with Gasteiger partial charge < -0.3 is 20.1 Å². The molecular weight excluding hydrogens is 380 g/mol. The van der Waals surface area contributed by atoms with E-state index in [1.807, 2.05) is 24.5 Å². The zero-order valence-electron chi connectivity index (χ0n) is 16.3. The maximum Gasteiger partial charge on any atom is 0.338 e. The number of rotatable bonds is 12. The van der Waals surface area contributed by atoms with Crippen LogP contribution in [-0.4, -0.2) is 61.2 Å². The lowest BCUT2D eigenvalue weighted by Gasteiger charge is -2.17. The molecule has 8 heteroatoms. The lowest BCUT2D eigenvalue weighted by atomic mass is 10.1. The Hall–Kier alpha value is -2.06. The third kappa shape index (κ3) is 7.16. The minimum atomic E-state index is -0.873. The number of carbonyl (C=O) groups is 3. The first-order chi connectivity index (χ1) is 13.6. The summed E-state index contributed by atoms with van der Waals surface area (Å²) in [6.07, 6.45) is 2.40. The smallest absolute Gasteiger partial charge is 0.338 e. The highest BCUT2D eigenvalue weighted by molar-refractivity contribution is 7.98. The molecule has 1 aromatic carbocycles. The number of epoxide rings is 1. The van der Waals surface area contributed by atoms with Gasteiger partial charge in [0.2, 0.25) is 5.91 Å². The summed E-state index contributed by atoms with van der Waals surface area (Å²) < 4.78 is 9.94. The normalized spacial score (nSPS) is 18.8. The number of thioether (sulfide) groups is 1. The van der Waals surface area contributed by atoms with E-state index in [0.717, 1.165) is 18.6 Å². The van der Waals surface area contributed by atoms with Gasteiger partial charge in [0.15, 0.2) is 12.2 Å². The van der Waals surface area contributed by atoms with Gasteiger partial charge >= 0.3 is 5.97 Å². The Morgan fingerprint density at radius 1 is 1.21 bits per heavy atom. The van der Waals surface area contributed by atoms with Crippen LogP contribution in [0.25, 0.3) is 0 Å². The van der Waals surface area contributed by atoms with Crippen molar-refractivity contribution in [1.82, 2.24) is 10.6 Å². The van der Waals surface area contributed by atoms with Crippen LogP contribution in [0.5, 0.6) is 0 Å². The molecule has 28 heavy (non-hydrogen) atoms. The van der Waals surface area contributed by atoms with Gasteiger partial charge in [0, 0.05) is 6.54 Å². The number of benzene rings is 1. The van der Waals surface area contributed by atoms with Crippen LogP contribution in [0.2, 0.25) is 0 Å². The lowest BCUT2D eigenvalue weighted by Crippen LogP contribution is -2.49. The molecule has 0 aromatic heterocycles. The number of ether oxygens (including phenoxy) is 2. The molecule has 0 bridgehead atoms. The molecule has 0 spiro atoms. The van der Waals surface area contributed by atoms with Crippen LogP contribution in [0.3, 0.4) is 0 Å². The third-order valence-electron chi connectivity index (χ3n) is 4.30. The van der Waals surface area contributed by atoms with Crippen LogP contribution in [0, 0.1) is 0 Å². The molecule has 0 aliphatic carbocycles. The van der Waals surface area contributed by atoms with Crippen molar-refractivity contribution < 1.29 is 23.9 Å². The summed E-state index contributed by atoms with van der Waals surface area (Å²) in [5, 5.41) is 5.59. The van der Waals surface area contributed by atoms with Gasteiger partial charge in [-0.05, 0) is 43.8 Å². The summed E-state index contributed by atoms with van der Waals surface area (Å²) in [4.78, 5) is 36.4. The largest absolute Gasteiger partial charge is 0.464 e. The highest BCUT2D eigenvalue weighted by Gasteiger charge is 2.52. The van der Waals surface area contributed by atoms with Crippen molar-refractivity contribution in [1.29, 1.82) is 0 Å². The average molecular weight is 409 g/mol. The van der Waals surface area contributed by atoms with Crippen LogP contribution >= 0.6 is 11.8 Å². The number of carbonyl (C=O) groups excluding carboxylic acids is 3. The minimum absolute atomic E-state index is 0.219. The van der Waals surface area contributed by atoms with E-state index in [1.54, 1.807) is 18.7 Å². The van der Waals surface area contributed by atoms with E-state index in [1.165, 1.54) is 5.56 Å². The summed E-state index contributed by atoms with van der Waals surface area (Å²) in [6.45, 7) is 2.45. The number of esters is 1. The summed E-state index contributed by atoms with van der Waals surface area (Å²) in [5.74, 6) is -0.490. The standard InChI is InChI=1S/C20H28N2O5S/c1-3-26-20(25)17-16(27-17)19(24)22-15(11-13-28-2)18(23)21-12-7-10-14-8-5-4-6-9-14/h4-6,8-9,15-17H,3,7,10-13H2,1-2H3,(H,21,23)(H,22,24)/t15?,16-,17?/m0/s1. The maximum absolute atomic E-state index is 12.5. The van der Waals surface area contributed by atoms with Crippen molar-refractivity contribution in [3.05, 3.63) is 35.9 Å². The van der Waals surface area contributed by atoms with Gasteiger partial charge in [-0.25, -0.2) is 4.79 Å². The predicted molar refractivity (Wildman–Crippen MR) is 108 cm³/mol. The molecule has 2 N–H and O–H groups in total. The third-order valence-corrected chi connectivity index (χ3v) is 4.94. The molecule has 7 nitrogen and oxygen atoms in total. The number of aryl methyl sites for hydroxylation is 1. The molecule has 1 fully saturated rings. The van der Waals surface area contributed by atoms with Crippen LogP contribution in [0.1, 0.15) is 25.3 Å². The highest BCUT2D eigenvalue weighted by Crippen LogP contribution is 2.23. The first-order valence-corrected chi connectivity index (χ1v) is 10.9. The zero-order chi connectivity index (χ0) is 20.4. The highest BCUT2D eigenvalue weighted by atomic mass is 32.2. The fourth-order valence-corrected chi connectivity index (χ4v) is 3.22. The van der Waals surface area contributed by atoms with Gasteiger partial charge in [-0.15, -0.1) is 0 Å². The first-order valence-electron chi connectivity index (χ1n) is 9.49. The van der Waals surface area contributed by atoms with Crippen molar-refractivity contribution in [2.75, 3.05) is 25.2 Å². The van der Waals surface area contributed by atoms with E-state index >= 15 is 0 Å². The van der Waals surface area contributed by atoms with Crippen molar-refractivity contribution >= 4 is 29.5 Å². The van der Waals surface area contributed by atoms with Gasteiger partial charge in [-0.1, -0.05) is 30.3 Å². The minimum Gasteiger partial charge on any atom is -0.464 e. The molecule has 3 atom stereocenters. The second-order valence-electron chi connectivity index (χ2n) is 6.45. The number of nitrogens with one attached hydrogen (secondary N) is 2. The molecule has 2 amide bonds. The molecule has 2 rings (SSSR count). The molecule has 1 aromatic rings. The van der Waals surface area contributed by atoms with Crippen LogP contribution < -0.4 is 10.6 Å². The van der Waals surface area contributed by atoms with E-state index in [9.17, 15) is 14.4 Å². The second-order valence-corrected chi connectivity index (χ2v) is 7.44. The Bertz CT molecular complexity index is 655. The Kier molecular flexibility index (Phi) is 9.30. The molecule has 1 heterocycles. The Labute approximate surface area is 169 Å². The van der Waals surface area contributed by atoms with Crippen LogP contribution in [-0.2, 0) is 30.3 Å². The Balaban J connectivity index is 1.77. The number of hydrogen-bond acceptors (Lipinski definition) is 6. The summed E-state index contributed by atoms with van der Waals surface area (Å²) >= 11 is 1.60. The number of hydrogen-bond donors (Lipinski definition) is 2. The van der Waals surface area contributed by atoms with Crippen molar-refractivity contribution in [3.63, 3.8) is 0 Å². The molecule has 154 valence electrons. The van der Waals surface area contributed by atoms with Gasteiger partial charge in [0.25, 0.3) is 5.91 Å². The molecule has 0 radical (unpaired) electrons. The van der Waals surface area contributed by atoms with E-state index in [-0.39, 0.29) is 12.5 Å². The summed E-state index contributed by atoms with van der Waals surface area (Å²) in [6, 6.07) is 9.42. The molecule has 0 saturated carbocycles. The lowest BCUT2D eigenvalue weighted by molar-refractivity contribution is -0.144. The molecule has 1 saturated heterocycles. The summed E-state index contributed by atoms with van der Waals surface area (Å²) in [7, 11) is 0. The van der Waals surface area contributed by atoms with E-state index in [4.69, 9.17) is 9.47 Å². The topological polar surface area (TPSA) is 97.0 Å². The Morgan fingerprint density at radius 2 is 1.96 bits per heavy atom. The maximum atomic E-state index is 12.5. The van der Waals surface area contributed by atoms with Crippen molar-refractivity contribution in [3.8, 4) is 0 Å². The summed E-state index contributed by atoms with van der Waals surface area (Å²) in [5.41, 5.74) is 1.22. The predicted octanol–water partition coefficient (Wildman–Crippen LogP) is 1.30. The zero-order valence-corrected chi connectivity index (χ0v) is 17.1. The van der Waals surface area contributed by atoms with Gasteiger partial charge in [0.05, 0.1) is 6.61 Å². The second kappa shape index (κ2) is 11.7. The quantitative estimate of drug-likeness (QED) is 0.307. The average Bonchev–Trinajstić information content (AvgIpc) is 3.50. The number of amides is 2. The first kappa shape index (κ1) is 22.2. The van der Waals surface area contributed by atoms with Crippen LogP contribution in [0.15, 0.2) is 30.3 Å². The van der Waals surface area contributed by atoms with Crippen molar-refractivity contribution in [2.45, 2.75) is 44.4 Å². The van der Waals surface area contributed by atoms with Gasteiger partial charge in [0.1, 0.15) is 6.04 Å². The Morgan fingerprint density at radius 3 is 2.64 bits per heavy atom. The van der Waals surface area contributed by atoms with Gasteiger partial charge in [-0.2, -0.15) is 11.8 Å². The fraction of sp³-hybridized carbons (Fsp3) is 0.550. The van der Waals surface area contributed by atoms with E-state index < -0.39 is 30.1 Å². The fourth-order valence-electron chi connectivity index (χ4n) is 2.75. The van der Waals surface area contributed by atoms with Gasteiger partial charge in [-0.3, -0.25) is 9.59 Å². The SMILES string of the molecule is CCOC(=O)C1O[C@@H]1C(=O)NC(CCSC)C(=O)NCCCc1ccccc1. The molecule has 2 unspecified atom stereocenters. The van der Waals surface area contributed by atoms with E-state index in [0.29, 0.717) is 13.0 Å². The van der Waals surface area contributed by atoms with Crippen molar-refractivity contribution in [2.24, 2.45) is 0 Å². The van der Waals surface area contributed by atoms with E-state index in [2.05, 4.69) is 22.8 Å². The molecular formula is C20H28N2O5S. The molecule has 1 aliphatic heterocycles. The monoisotopic (exact) mass is 408 g/mol. The molecule has 1 aliphatic rings.